The number of aliphatic hydroxyl groups excluding tert-OH is 1. The maximum absolute atomic E-state index is 12.2. The Morgan fingerprint density at radius 3 is 2.96 bits per heavy atom. The number of hydrogen-bond donors (Lipinski definition) is 4. The van der Waals surface area contributed by atoms with Crippen LogP contribution >= 0.6 is 0 Å². The van der Waals surface area contributed by atoms with E-state index in [0.717, 1.165) is 5.39 Å². The van der Waals surface area contributed by atoms with E-state index in [1.54, 1.807) is 42.6 Å². The Hall–Kier alpha value is -3.72. The van der Waals surface area contributed by atoms with Gasteiger partial charge in [-0.2, -0.15) is 10.1 Å². The average Bonchev–Trinajstić information content (AvgIpc) is 3.11. The molecule has 2 aromatic carbocycles. The van der Waals surface area contributed by atoms with Gasteiger partial charge >= 0.3 is 6.01 Å². The Kier molecular flexibility index (Phi) is 4.27. The van der Waals surface area contributed by atoms with E-state index in [0.29, 0.717) is 33.6 Å². The van der Waals surface area contributed by atoms with Gasteiger partial charge < -0.3 is 20.9 Å². The lowest BCUT2D eigenvalue weighted by Crippen LogP contribution is -2.26. The third-order valence-corrected chi connectivity index (χ3v) is 3.94. The predicted octanol–water partition coefficient (Wildman–Crippen LogP) is 1.60. The van der Waals surface area contributed by atoms with Gasteiger partial charge in [0, 0.05) is 35.3 Å². The molecule has 9 heteroatoms. The molecule has 9 nitrogen and oxygen atoms in total. The number of carbonyl (C=O) groups excluding carboxylic acids is 1. The highest BCUT2D eigenvalue weighted by atomic mass is 16.5. The fraction of sp³-hybridized carbons (Fsp3) is 0.111. The predicted molar refractivity (Wildman–Crippen MR) is 99.5 cm³/mol. The molecule has 0 spiro atoms. The molecule has 0 unspecified atom stereocenters. The highest BCUT2D eigenvalue weighted by Crippen LogP contribution is 2.27. The van der Waals surface area contributed by atoms with Crippen molar-refractivity contribution in [3.63, 3.8) is 0 Å². The van der Waals surface area contributed by atoms with Crippen molar-refractivity contribution in [1.29, 1.82) is 0 Å². The van der Waals surface area contributed by atoms with Crippen LogP contribution in [0.5, 0.6) is 11.8 Å². The molecule has 136 valence electrons. The first-order valence-corrected chi connectivity index (χ1v) is 8.22. The molecule has 0 aliphatic heterocycles. The van der Waals surface area contributed by atoms with Gasteiger partial charge in [-0.1, -0.05) is 12.1 Å². The summed E-state index contributed by atoms with van der Waals surface area (Å²) in [5.74, 6) is 0.170. The van der Waals surface area contributed by atoms with E-state index in [-0.39, 0.29) is 25.1 Å². The number of amides is 1. The summed E-state index contributed by atoms with van der Waals surface area (Å²) in [4.78, 5) is 20.8. The summed E-state index contributed by atoms with van der Waals surface area (Å²) in [6, 6.07) is 10.7. The van der Waals surface area contributed by atoms with Crippen molar-refractivity contribution in [2.75, 3.05) is 18.9 Å². The number of nitrogens with two attached hydrogens (primary N) is 1. The maximum atomic E-state index is 12.2. The van der Waals surface area contributed by atoms with E-state index in [1.807, 2.05) is 0 Å². The molecular formula is C18H16N6O3. The van der Waals surface area contributed by atoms with Gasteiger partial charge in [-0.15, -0.1) is 0 Å². The summed E-state index contributed by atoms with van der Waals surface area (Å²) in [7, 11) is 0. The van der Waals surface area contributed by atoms with Crippen LogP contribution in [0.3, 0.4) is 0 Å². The van der Waals surface area contributed by atoms with Crippen molar-refractivity contribution in [1.82, 2.24) is 25.5 Å². The molecule has 0 aliphatic rings. The number of aromatic amines is 1. The summed E-state index contributed by atoms with van der Waals surface area (Å²) in [5.41, 5.74) is 7.71. The van der Waals surface area contributed by atoms with Crippen LogP contribution in [0.15, 0.2) is 42.6 Å². The van der Waals surface area contributed by atoms with Crippen LogP contribution < -0.4 is 15.8 Å². The standard InChI is InChI=1S/C18H16N6O3/c19-11-2-1-3-12(8-11)27-18-21-9-10-4-5-13-15(14(10)22-18)23-24-16(13)17(26)20-6-7-25/h1-5,8-9,25H,6-7,19H2,(H,20,26)(H,23,24). The number of nitrogens with one attached hydrogen (secondary N) is 2. The van der Waals surface area contributed by atoms with Crippen molar-refractivity contribution in [2.24, 2.45) is 0 Å². The van der Waals surface area contributed by atoms with Crippen molar-refractivity contribution >= 4 is 33.4 Å². The molecule has 4 aromatic rings. The van der Waals surface area contributed by atoms with Crippen LogP contribution in [0.25, 0.3) is 21.8 Å². The Balaban J connectivity index is 1.74. The van der Waals surface area contributed by atoms with Gasteiger partial charge in [0.15, 0.2) is 0 Å². The lowest BCUT2D eigenvalue weighted by molar-refractivity contribution is 0.0941. The number of nitrogen functional groups attached to an aromatic ring is 1. The molecule has 2 aromatic heterocycles. The van der Waals surface area contributed by atoms with E-state index >= 15 is 0 Å². The topological polar surface area (TPSA) is 139 Å². The highest BCUT2D eigenvalue weighted by molar-refractivity contribution is 6.11. The zero-order chi connectivity index (χ0) is 18.8. The second kappa shape index (κ2) is 6.89. The number of ether oxygens (including phenoxy) is 1. The van der Waals surface area contributed by atoms with Crippen molar-refractivity contribution in [2.45, 2.75) is 0 Å². The molecule has 0 saturated carbocycles. The molecule has 4 rings (SSSR count). The van der Waals surface area contributed by atoms with Crippen LogP contribution in [0.1, 0.15) is 10.5 Å². The number of benzene rings is 2. The molecule has 27 heavy (non-hydrogen) atoms. The number of rotatable bonds is 5. The van der Waals surface area contributed by atoms with Crippen LogP contribution in [0.2, 0.25) is 0 Å². The number of H-pyrrole nitrogens is 1. The number of hydrogen-bond acceptors (Lipinski definition) is 7. The molecule has 0 radical (unpaired) electrons. The van der Waals surface area contributed by atoms with Crippen LogP contribution in [-0.4, -0.2) is 44.3 Å². The lowest BCUT2D eigenvalue weighted by Gasteiger charge is -2.06. The fourth-order valence-corrected chi connectivity index (χ4v) is 2.72. The number of nitrogens with zero attached hydrogens (tertiary/aromatic N) is 3. The summed E-state index contributed by atoms with van der Waals surface area (Å²) >= 11 is 0. The van der Waals surface area contributed by atoms with Gasteiger partial charge in [-0.05, 0) is 18.2 Å². The second-order valence-corrected chi connectivity index (χ2v) is 5.80. The first kappa shape index (κ1) is 16.7. The minimum Gasteiger partial charge on any atom is -0.424 e. The van der Waals surface area contributed by atoms with E-state index in [9.17, 15) is 4.79 Å². The average molecular weight is 364 g/mol. The van der Waals surface area contributed by atoms with Crippen molar-refractivity contribution in [3.8, 4) is 11.8 Å². The molecule has 2 heterocycles. The zero-order valence-electron chi connectivity index (χ0n) is 14.1. The van der Waals surface area contributed by atoms with Gasteiger partial charge in [0.25, 0.3) is 5.91 Å². The van der Waals surface area contributed by atoms with Gasteiger partial charge in [0.05, 0.1) is 6.61 Å². The smallest absolute Gasteiger partial charge is 0.322 e. The Morgan fingerprint density at radius 2 is 2.15 bits per heavy atom. The number of carbonyl (C=O) groups is 1. The van der Waals surface area contributed by atoms with Gasteiger partial charge in [-0.25, -0.2) is 4.98 Å². The van der Waals surface area contributed by atoms with Crippen LogP contribution in [0, 0.1) is 0 Å². The zero-order valence-corrected chi connectivity index (χ0v) is 14.1. The first-order chi connectivity index (χ1) is 13.2. The van der Waals surface area contributed by atoms with Crippen molar-refractivity contribution in [3.05, 3.63) is 48.3 Å². The summed E-state index contributed by atoms with van der Waals surface area (Å²) < 4.78 is 5.68. The Labute approximate surface area is 153 Å². The summed E-state index contributed by atoms with van der Waals surface area (Å²) in [6.07, 6.45) is 1.63. The molecule has 0 saturated heterocycles. The minimum absolute atomic E-state index is 0.140. The first-order valence-electron chi connectivity index (χ1n) is 8.22. The van der Waals surface area contributed by atoms with E-state index in [4.69, 9.17) is 15.6 Å². The van der Waals surface area contributed by atoms with E-state index < -0.39 is 0 Å². The monoisotopic (exact) mass is 364 g/mol. The summed E-state index contributed by atoms with van der Waals surface area (Å²) in [5, 5.41) is 19.8. The number of anilines is 1. The Bertz CT molecular complexity index is 1140. The SMILES string of the molecule is Nc1cccc(Oc2ncc3ccc4c(C(=O)NCCO)[nH]nc4c3n2)c1. The third kappa shape index (κ3) is 3.23. The number of aromatic nitrogens is 4. The lowest BCUT2D eigenvalue weighted by atomic mass is 10.1. The minimum atomic E-state index is -0.351. The van der Waals surface area contributed by atoms with Crippen molar-refractivity contribution < 1.29 is 14.6 Å². The number of fused-ring (bicyclic) bond motifs is 3. The Morgan fingerprint density at radius 1 is 1.26 bits per heavy atom. The third-order valence-electron chi connectivity index (χ3n) is 3.94. The summed E-state index contributed by atoms with van der Waals surface area (Å²) in [6.45, 7) is 0.0198. The van der Waals surface area contributed by atoms with Gasteiger partial charge in [-0.3, -0.25) is 9.89 Å². The molecule has 1 amide bonds. The molecule has 0 fully saturated rings. The molecule has 0 bridgehead atoms. The second-order valence-electron chi connectivity index (χ2n) is 5.80. The van der Waals surface area contributed by atoms with Gasteiger partial charge in [0.2, 0.25) is 0 Å². The molecule has 5 N–H and O–H groups in total. The molecular weight excluding hydrogens is 348 g/mol. The van der Waals surface area contributed by atoms with Gasteiger partial charge in [0.1, 0.15) is 22.5 Å². The normalized spacial score (nSPS) is 11.0. The van der Waals surface area contributed by atoms with Crippen LogP contribution in [0.4, 0.5) is 5.69 Å². The number of aliphatic hydroxyl groups is 1. The quantitative estimate of drug-likeness (QED) is 0.394. The molecule has 0 atom stereocenters. The van der Waals surface area contributed by atoms with E-state index in [2.05, 4.69) is 25.5 Å². The van der Waals surface area contributed by atoms with E-state index in [1.165, 1.54) is 0 Å². The largest absolute Gasteiger partial charge is 0.424 e. The molecule has 0 aliphatic carbocycles. The van der Waals surface area contributed by atoms with Crippen LogP contribution in [-0.2, 0) is 0 Å². The maximum Gasteiger partial charge on any atom is 0.322 e. The fourth-order valence-electron chi connectivity index (χ4n) is 2.72. The highest BCUT2D eigenvalue weighted by Gasteiger charge is 2.16.